The molecule has 5 aromatic rings. The van der Waals surface area contributed by atoms with Crippen LogP contribution in [-0.2, 0) is 0 Å². The predicted octanol–water partition coefficient (Wildman–Crippen LogP) is 4.03. The SMILES string of the molecule is COc1ccc(-c2nnc(-c3c(C)nc4c(-c5ccccc5)c(C)[nH]n4c3=O)o2)cc1. The highest BCUT2D eigenvalue weighted by molar-refractivity contribution is 5.80. The van der Waals surface area contributed by atoms with Gasteiger partial charge >= 0.3 is 0 Å². The molecule has 1 N–H and O–H groups in total. The number of hydrogen-bond acceptors (Lipinski definition) is 6. The molecule has 0 saturated heterocycles. The van der Waals surface area contributed by atoms with E-state index in [4.69, 9.17) is 14.1 Å². The summed E-state index contributed by atoms with van der Waals surface area (Å²) in [4.78, 5) is 18.0. The van der Waals surface area contributed by atoms with E-state index >= 15 is 0 Å². The Morgan fingerprint density at radius 2 is 1.61 bits per heavy atom. The molecule has 0 radical (unpaired) electrons. The van der Waals surface area contributed by atoms with Crippen molar-refractivity contribution in [1.29, 1.82) is 0 Å². The zero-order chi connectivity index (χ0) is 21.5. The van der Waals surface area contributed by atoms with Gasteiger partial charge in [0, 0.05) is 16.8 Å². The van der Waals surface area contributed by atoms with E-state index in [9.17, 15) is 4.79 Å². The molecule has 0 saturated carbocycles. The minimum atomic E-state index is -0.294. The van der Waals surface area contributed by atoms with Crippen LogP contribution in [0, 0.1) is 13.8 Å². The number of aromatic amines is 1. The number of nitrogens with one attached hydrogen (secondary N) is 1. The molecule has 0 amide bonds. The number of H-pyrrole nitrogens is 1. The molecule has 8 heteroatoms. The molecule has 3 aromatic heterocycles. The third kappa shape index (κ3) is 3.09. The summed E-state index contributed by atoms with van der Waals surface area (Å²) in [6, 6.07) is 17.1. The molecule has 5 rings (SSSR count). The number of rotatable bonds is 4. The van der Waals surface area contributed by atoms with E-state index in [1.807, 2.05) is 49.4 Å². The van der Waals surface area contributed by atoms with Gasteiger partial charge in [0.2, 0.25) is 5.89 Å². The first-order chi connectivity index (χ1) is 15.1. The maximum atomic E-state index is 13.3. The van der Waals surface area contributed by atoms with Crippen LogP contribution in [-0.4, -0.2) is 31.9 Å². The quantitative estimate of drug-likeness (QED) is 0.478. The Morgan fingerprint density at radius 3 is 2.32 bits per heavy atom. The Balaban J connectivity index is 1.63. The van der Waals surface area contributed by atoms with Gasteiger partial charge in [0.1, 0.15) is 11.3 Å². The average Bonchev–Trinajstić information content (AvgIpc) is 3.39. The third-order valence-electron chi connectivity index (χ3n) is 5.18. The van der Waals surface area contributed by atoms with Crippen LogP contribution < -0.4 is 10.3 Å². The first-order valence-corrected chi connectivity index (χ1v) is 9.72. The highest BCUT2D eigenvalue weighted by Gasteiger charge is 2.22. The van der Waals surface area contributed by atoms with Gasteiger partial charge in [0.15, 0.2) is 5.65 Å². The monoisotopic (exact) mass is 413 g/mol. The third-order valence-corrected chi connectivity index (χ3v) is 5.18. The van der Waals surface area contributed by atoms with Gasteiger partial charge in [-0.25, -0.2) is 9.50 Å². The summed E-state index contributed by atoms with van der Waals surface area (Å²) in [5.74, 6) is 1.17. The maximum absolute atomic E-state index is 13.3. The van der Waals surface area contributed by atoms with E-state index in [0.29, 0.717) is 17.2 Å². The fourth-order valence-electron chi connectivity index (χ4n) is 3.66. The summed E-state index contributed by atoms with van der Waals surface area (Å²) in [6.07, 6.45) is 0. The average molecular weight is 413 g/mol. The van der Waals surface area contributed by atoms with E-state index in [2.05, 4.69) is 15.3 Å². The van der Waals surface area contributed by atoms with Gasteiger partial charge in [-0.2, -0.15) is 0 Å². The molecule has 0 aliphatic carbocycles. The Labute approximate surface area is 177 Å². The fraction of sp³-hybridized carbons (Fsp3) is 0.130. The van der Waals surface area contributed by atoms with Crippen molar-refractivity contribution in [3.8, 4) is 39.8 Å². The summed E-state index contributed by atoms with van der Waals surface area (Å²) in [5, 5.41) is 11.3. The molecule has 8 nitrogen and oxygen atoms in total. The standard InChI is InChI=1S/C23H19N5O3/c1-13-19(22-26-25-21(31-22)16-9-11-17(30-3)12-10-16)23(29)28-20(24-13)18(14(2)27-28)15-7-5-4-6-8-15/h4-12,27H,1-3H3. The highest BCUT2D eigenvalue weighted by atomic mass is 16.5. The van der Waals surface area contributed by atoms with E-state index in [-0.39, 0.29) is 17.0 Å². The Hall–Kier alpha value is -4.20. The molecule has 0 bridgehead atoms. The minimum Gasteiger partial charge on any atom is -0.497 e. The second kappa shape index (κ2) is 7.24. The van der Waals surface area contributed by atoms with Crippen LogP contribution in [0.3, 0.4) is 0 Å². The number of nitrogens with zero attached hydrogens (tertiary/aromatic N) is 4. The summed E-state index contributed by atoms with van der Waals surface area (Å²) in [7, 11) is 1.60. The Morgan fingerprint density at radius 1 is 0.903 bits per heavy atom. The van der Waals surface area contributed by atoms with Gasteiger partial charge in [-0.05, 0) is 43.7 Å². The normalized spacial score (nSPS) is 11.2. The molecule has 0 fully saturated rings. The van der Waals surface area contributed by atoms with E-state index in [0.717, 1.165) is 28.1 Å². The fourth-order valence-corrected chi connectivity index (χ4v) is 3.66. The van der Waals surface area contributed by atoms with Crippen molar-refractivity contribution in [2.45, 2.75) is 13.8 Å². The predicted molar refractivity (Wildman–Crippen MR) is 116 cm³/mol. The lowest BCUT2D eigenvalue weighted by Gasteiger charge is -2.04. The van der Waals surface area contributed by atoms with Gasteiger partial charge in [-0.1, -0.05) is 30.3 Å². The number of ether oxygens (including phenoxy) is 1. The smallest absolute Gasteiger partial charge is 0.285 e. The van der Waals surface area contributed by atoms with Crippen LogP contribution in [0.5, 0.6) is 5.75 Å². The van der Waals surface area contributed by atoms with E-state index < -0.39 is 0 Å². The van der Waals surface area contributed by atoms with Crippen LogP contribution in [0.2, 0.25) is 0 Å². The molecule has 0 unspecified atom stereocenters. The topological polar surface area (TPSA) is 98.3 Å². The number of hydrogen-bond donors (Lipinski definition) is 1. The number of methoxy groups -OCH3 is 1. The van der Waals surface area contributed by atoms with Crippen molar-refractivity contribution >= 4 is 5.65 Å². The Bertz CT molecular complexity index is 1450. The molecule has 0 aliphatic rings. The van der Waals surface area contributed by atoms with Crippen molar-refractivity contribution in [1.82, 2.24) is 24.8 Å². The number of aromatic nitrogens is 5. The zero-order valence-electron chi connectivity index (χ0n) is 17.2. The van der Waals surface area contributed by atoms with Crippen molar-refractivity contribution in [3.63, 3.8) is 0 Å². The van der Waals surface area contributed by atoms with Gasteiger partial charge in [-0.3, -0.25) is 9.89 Å². The van der Waals surface area contributed by atoms with Crippen LogP contribution in [0.4, 0.5) is 0 Å². The van der Waals surface area contributed by atoms with Crippen LogP contribution in [0.25, 0.3) is 39.7 Å². The summed E-state index contributed by atoms with van der Waals surface area (Å²) in [5.41, 5.74) is 4.50. The first kappa shape index (κ1) is 18.8. The molecule has 0 aliphatic heterocycles. The molecule has 154 valence electrons. The van der Waals surface area contributed by atoms with Crippen molar-refractivity contribution < 1.29 is 9.15 Å². The molecule has 0 atom stereocenters. The van der Waals surface area contributed by atoms with Gasteiger partial charge in [0.25, 0.3) is 11.4 Å². The summed E-state index contributed by atoms with van der Waals surface area (Å²) < 4.78 is 12.4. The van der Waals surface area contributed by atoms with Crippen LogP contribution in [0.15, 0.2) is 63.8 Å². The van der Waals surface area contributed by atoms with Crippen LogP contribution >= 0.6 is 0 Å². The van der Waals surface area contributed by atoms with Crippen LogP contribution in [0.1, 0.15) is 11.4 Å². The second-order valence-corrected chi connectivity index (χ2v) is 7.16. The number of fused-ring (bicyclic) bond motifs is 1. The summed E-state index contributed by atoms with van der Waals surface area (Å²) >= 11 is 0. The molecule has 2 aromatic carbocycles. The molecule has 31 heavy (non-hydrogen) atoms. The lowest BCUT2D eigenvalue weighted by atomic mass is 10.1. The largest absolute Gasteiger partial charge is 0.497 e. The maximum Gasteiger partial charge on any atom is 0.285 e. The molecular weight excluding hydrogens is 394 g/mol. The lowest BCUT2D eigenvalue weighted by Crippen LogP contribution is -2.19. The van der Waals surface area contributed by atoms with Crippen molar-refractivity contribution in [3.05, 3.63) is 76.3 Å². The first-order valence-electron chi connectivity index (χ1n) is 9.72. The summed E-state index contributed by atoms with van der Waals surface area (Å²) in [6.45, 7) is 3.69. The van der Waals surface area contributed by atoms with Crippen molar-refractivity contribution in [2.75, 3.05) is 7.11 Å². The molecular formula is C23H19N5O3. The highest BCUT2D eigenvalue weighted by Crippen LogP contribution is 2.29. The number of aryl methyl sites for hydroxylation is 2. The van der Waals surface area contributed by atoms with Crippen molar-refractivity contribution in [2.24, 2.45) is 0 Å². The molecule has 3 heterocycles. The Kier molecular flexibility index (Phi) is 4.39. The van der Waals surface area contributed by atoms with Gasteiger partial charge in [-0.15, -0.1) is 10.2 Å². The number of benzene rings is 2. The van der Waals surface area contributed by atoms with E-state index in [1.54, 1.807) is 26.2 Å². The minimum absolute atomic E-state index is 0.128. The molecule has 0 spiro atoms. The second-order valence-electron chi connectivity index (χ2n) is 7.16. The zero-order valence-corrected chi connectivity index (χ0v) is 17.2. The van der Waals surface area contributed by atoms with Gasteiger partial charge < -0.3 is 9.15 Å². The lowest BCUT2D eigenvalue weighted by molar-refractivity contribution is 0.415. The van der Waals surface area contributed by atoms with E-state index in [1.165, 1.54) is 4.52 Å². The van der Waals surface area contributed by atoms with Gasteiger partial charge in [0.05, 0.1) is 12.8 Å².